The Balaban J connectivity index is 3.64. The van der Waals surface area contributed by atoms with Crippen LogP contribution in [0.5, 0.6) is 0 Å². The van der Waals surface area contributed by atoms with Crippen LogP contribution < -0.4 is 0 Å². The van der Waals surface area contributed by atoms with Crippen LogP contribution >= 0.6 is 8.25 Å². The van der Waals surface area contributed by atoms with E-state index in [0.717, 1.165) is 0 Å². The summed E-state index contributed by atoms with van der Waals surface area (Å²) < 4.78 is 14.4. The molecule has 1 N–H and O–H groups in total. The number of hydrogen-bond acceptors (Lipinski definition) is 2. The minimum absolute atomic E-state index is 0.103. The van der Waals surface area contributed by atoms with Gasteiger partial charge in [0.25, 0.3) is 0 Å². The lowest BCUT2D eigenvalue weighted by molar-refractivity contribution is 0.323. The summed E-state index contributed by atoms with van der Waals surface area (Å²) in [6.45, 7) is 7.12. The van der Waals surface area contributed by atoms with Gasteiger partial charge in [-0.05, 0) is 0 Å². The van der Waals surface area contributed by atoms with Crippen molar-refractivity contribution in [2.24, 2.45) is 5.92 Å². The molecule has 0 saturated heterocycles. The van der Waals surface area contributed by atoms with Gasteiger partial charge in [0.05, 0.1) is 0 Å². The highest BCUT2D eigenvalue weighted by Crippen LogP contribution is 2.23. The summed E-state index contributed by atoms with van der Waals surface area (Å²) >= 11 is 0. The second-order valence-corrected chi connectivity index (χ2v) is 2.72. The zero-order chi connectivity index (χ0) is 7.44. The molecule has 0 aliphatic rings. The molecule has 4 heteroatoms. The largest absolute Gasteiger partial charge is 0.431 e. The molecule has 0 saturated carbocycles. The highest BCUT2D eigenvalue weighted by Gasteiger charge is 2.01. The molecule has 0 spiro atoms. The molecule has 0 radical (unpaired) electrons. The van der Waals surface area contributed by atoms with E-state index in [4.69, 9.17) is 4.89 Å². The predicted octanol–water partition coefficient (Wildman–Crippen LogP) is 1.55. The van der Waals surface area contributed by atoms with E-state index in [-0.39, 0.29) is 5.92 Å². The Morgan fingerprint density at radius 3 is 2.33 bits per heavy atom. The van der Waals surface area contributed by atoms with Crippen LogP contribution in [-0.2, 0) is 9.09 Å². The first-order valence-corrected chi connectivity index (χ1v) is 3.90. The van der Waals surface area contributed by atoms with E-state index in [1.54, 1.807) is 0 Å². The fourth-order valence-corrected chi connectivity index (χ4v) is 0.690. The molecular weight excluding hydrogens is 139 g/mol. The zero-order valence-electron chi connectivity index (χ0n) is 5.55. The molecule has 0 bridgehead atoms. The van der Waals surface area contributed by atoms with Gasteiger partial charge in [-0.1, -0.05) is 20.4 Å². The van der Waals surface area contributed by atoms with Crippen LogP contribution in [0, 0.1) is 5.92 Å². The third-order valence-electron chi connectivity index (χ3n) is 0.862. The van der Waals surface area contributed by atoms with Crippen LogP contribution in [0.3, 0.4) is 0 Å². The van der Waals surface area contributed by atoms with E-state index >= 15 is 0 Å². The van der Waals surface area contributed by atoms with Gasteiger partial charge in [-0.2, -0.15) is 0 Å². The van der Waals surface area contributed by atoms with E-state index in [2.05, 4.69) is 11.1 Å². The molecule has 0 aliphatic heterocycles. The lowest BCUT2D eigenvalue weighted by atomic mass is 10.2. The normalized spacial score (nSPS) is 13.3. The van der Waals surface area contributed by atoms with E-state index in [1.807, 2.05) is 13.8 Å². The van der Waals surface area contributed by atoms with Crippen molar-refractivity contribution >= 4 is 8.25 Å². The first kappa shape index (κ1) is 8.73. The average molecular weight is 150 g/mol. The smallest absolute Gasteiger partial charge is 0.364 e. The molecule has 0 amide bonds. The van der Waals surface area contributed by atoms with Gasteiger partial charge < -0.3 is 9.42 Å². The van der Waals surface area contributed by atoms with Crippen molar-refractivity contribution in [2.75, 3.05) is 0 Å². The van der Waals surface area contributed by atoms with Crippen molar-refractivity contribution in [3.8, 4) is 0 Å². The zero-order valence-corrected chi connectivity index (χ0v) is 6.55. The highest BCUT2D eigenvalue weighted by atomic mass is 31.1. The summed E-state index contributed by atoms with van der Waals surface area (Å²) in [7, 11) is -2.83. The van der Waals surface area contributed by atoms with Gasteiger partial charge in [-0.15, -0.1) is 0 Å². The fraction of sp³-hybridized carbons (Fsp3) is 0.600. The first-order valence-electron chi connectivity index (χ1n) is 2.63. The van der Waals surface area contributed by atoms with Gasteiger partial charge in [-0.25, -0.2) is 4.57 Å². The van der Waals surface area contributed by atoms with Crippen LogP contribution in [0.15, 0.2) is 12.3 Å². The summed E-state index contributed by atoms with van der Waals surface area (Å²) in [6.07, 6.45) is 0. The summed E-state index contributed by atoms with van der Waals surface area (Å²) in [5.74, 6) is 0.465. The Kier molecular flexibility index (Phi) is 3.59. The Labute approximate surface area is 55.3 Å². The summed E-state index contributed by atoms with van der Waals surface area (Å²) in [6, 6.07) is 0. The quantitative estimate of drug-likeness (QED) is 0.490. The Morgan fingerprint density at radius 1 is 1.78 bits per heavy atom. The molecule has 1 unspecified atom stereocenters. The molecule has 0 fully saturated rings. The van der Waals surface area contributed by atoms with E-state index in [9.17, 15) is 4.57 Å². The van der Waals surface area contributed by atoms with E-state index < -0.39 is 8.25 Å². The molecule has 1 atom stereocenters. The number of allylic oxidation sites excluding steroid dienone is 1. The Bertz CT molecular complexity index is 130. The van der Waals surface area contributed by atoms with Crippen molar-refractivity contribution in [1.82, 2.24) is 0 Å². The van der Waals surface area contributed by atoms with Crippen LogP contribution in [0.1, 0.15) is 13.8 Å². The summed E-state index contributed by atoms with van der Waals surface area (Å²) in [4.78, 5) is 8.23. The molecule has 0 aromatic carbocycles. The van der Waals surface area contributed by atoms with Gasteiger partial charge in [0.1, 0.15) is 5.76 Å². The molecular formula is C5H11O3P. The molecule has 0 heterocycles. The van der Waals surface area contributed by atoms with Crippen LogP contribution in [-0.4, -0.2) is 4.89 Å². The first-order chi connectivity index (χ1) is 4.04. The average Bonchev–Trinajstić information content (AvgIpc) is 1.63. The lowest BCUT2D eigenvalue weighted by Crippen LogP contribution is -1.91. The van der Waals surface area contributed by atoms with Crippen molar-refractivity contribution in [2.45, 2.75) is 13.8 Å². The van der Waals surface area contributed by atoms with Gasteiger partial charge in [-0.3, -0.25) is 0 Å². The monoisotopic (exact) mass is 150 g/mol. The third-order valence-corrected chi connectivity index (χ3v) is 1.30. The van der Waals surface area contributed by atoms with Crippen molar-refractivity contribution in [3.63, 3.8) is 0 Å². The van der Waals surface area contributed by atoms with E-state index in [0.29, 0.717) is 5.76 Å². The maximum atomic E-state index is 10.0. The van der Waals surface area contributed by atoms with Gasteiger partial charge in [0, 0.05) is 5.92 Å². The van der Waals surface area contributed by atoms with Gasteiger partial charge in [0.2, 0.25) is 0 Å². The minimum atomic E-state index is -2.83. The van der Waals surface area contributed by atoms with Crippen LogP contribution in [0.4, 0.5) is 0 Å². The fourth-order valence-electron chi connectivity index (χ4n) is 0.230. The topological polar surface area (TPSA) is 46.5 Å². The summed E-state index contributed by atoms with van der Waals surface area (Å²) in [5.41, 5.74) is 0. The maximum Gasteiger partial charge on any atom is 0.364 e. The Hall–Kier alpha value is -0.270. The van der Waals surface area contributed by atoms with E-state index in [1.165, 1.54) is 0 Å². The van der Waals surface area contributed by atoms with Crippen LogP contribution in [0.2, 0.25) is 0 Å². The van der Waals surface area contributed by atoms with Gasteiger partial charge >= 0.3 is 8.25 Å². The van der Waals surface area contributed by atoms with Crippen LogP contribution in [0.25, 0.3) is 0 Å². The van der Waals surface area contributed by atoms with Crippen molar-refractivity contribution < 1.29 is 14.0 Å². The minimum Gasteiger partial charge on any atom is -0.431 e. The highest BCUT2D eigenvalue weighted by molar-refractivity contribution is 7.32. The number of rotatable bonds is 3. The Morgan fingerprint density at radius 2 is 2.22 bits per heavy atom. The van der Waals surface area contributed by atoms with Gasteiger partial charge in [0.15, 0.2) is 0 Å². The summed E-state index contributed by atoms with van der Waals surface area (Å²) in [5, 5.41) is 0. The predicted molar refractivity (Wildman–Crippen MR) is 36.3 cm³/mol. The molecule has 0 aromatic rings. The second kappa shape index (κ2) is 3.70. The molecule has 0 aliphatic carbocycles. The standard InChI is InChI=1S/C5H11O3P/c1-4(2)5(3)8-9(6)7/h4,9H,3H2,1-2H3,(H,6,7). The molecule has 54 valence electrons. The molecule has 9 heavy (non-hydrogen) atoms. The molecule has 3 nitrogen and oxygen atoms in total. The van der Waals surface area contributed by atoms with Crippen molar-refractivity contribution in [3.05, 3.63) is 12.3 Å². The number of hydrogen-bond donors (Lipinski definition) is 1. The maximum absolute atomic E-state index is 10.0. The second-order valence-electron chi connectivity index (χ2n) is 1.99. The molecule has 0 aromatic heterocycles. The van der Waals surface area contributed by atoms with Crippen molar-refractivity contribution in [1.29, 1.82) is 0 Å². The SMILES string of the molecule is C=C(O[PH](=O)O)C(C)C. The molecule has 0 rings (SSSR count). The lowest BCUT2D eigenvalue weighted by Gasteiger charge is -2.07. The third kappa shape index (κ3) is 4.25.